The van der Waals surface area contributed by atoms with Crippen molar-refractivity contribution in [1.29, 1.82) is 0 Å². The van der Waals surface area contributed by atoms with Crippen LogP contribution in [0.3, 0.4) is 0 Å². The van der Waals surface area contributed by atoms with Gasteiger partial charge in [-0.1, -0.05) is 43.1 Å². The molecule has 4 nitrogen and oxygen atoms in total. The highest BCUT2D eigenvalue weighted by Crippen LogP contribution is 2.23. The highest BCUT2D eigenvalue weighted by molar-refractivity contribution is 6.42. The number of aryl methyl sites for hydroxylation is 1. The molecule has 0 radical (unpaired) electrons. The number of carbonyl (C=O) groups excluding carboxylic acids is 1. The smallest absolute Gasteiger partial charge is 0.225 e. The highest BCUT2D eigenvalue weighted by atomic mass is 35.5. The Morgan fingerprint density at radius 3 is 2.59 bits per heavy atom. The summed E-state index contributed by atoms with van der Waals surface area (Å²) in [6.45, 7) is 4.11. The van der Waals surface area contributed by atoms with Crippen LogP contribution in [-0.4, -0.2) is 15.5 Å². The van der Waals surface area contributed by atoms with Gasteiger partial charge in [-0.05, 0) is 23.6 Å². The maximum atomic E-state index is 12.3. The number of carbonyl (C=O) groups is 1. The molecule has 22 heavy (non-hydrogen) atoms. The Morgan fingerprint density at radius 2 is 2.05 bits per heavy atom. The second-order valence-electron chi connectivity index (χ2n) is 5.61. The summed E-state index contributed by atoms with van der Waals surface area (Å²) in [5.41, 5.74) is 0.828. The van der Waals surface area contributed by atoms with E-state index in [4.69, 9.17) is 23.2 Å². The van der Waals surface area contributed by atoms with Crippen molar-refractivity contribution in [3.8, 4) is 0 Å². The zero-order chi connectivity index (χ0) is 16.3. The van der Waals surface area contributed by atoms with E-state index >= 15 is 0 Å². The monoisotopic (exact) mass is 339 g/mol. The van der Waals surface area contributed by atoms with Gasteiger partial charge in [-0.2, -0.15) is 0 Å². The lowest BCUT2D eigenvalue weighted by Gasteiger charge is -2.22. The molecular formula is C16H19Cl2N3O. The van der Waals surface area contributed by atoms with Crippen molar-refractivity contribution in [2.45, 2.75) is 26.3 Å². The van der Waals surface area contributed by atoms with Gasteiger partial charge in [0, 0.05) is 19.4 Å². The molecule has 6 heteroatoms. The van der Waals surface area contributed by atoms with Crippen molar-refractivity contribution in [3.63, 3.8) is 0 Å². The third kappa shape index (κ3) is 4.02. The molecule has 0 unspecified atom stereocenters. The number of hydrogen-bond acceptors (Lipinski definition) is 2. The van der Waals surface area contributed by atoms with Crippen molar-refractivity contribution in [3.05, 3.63) is 52.0 Å². The second kappa shape index (κ2) is 7.16. The van der Waals surface area contributed by atoms with Crippen LogP contribution in [0, 0.1) is 5.92 Å². The van der Waals surface area contributed by atoms with Crippen LogP contribution in [0.15, 0.2) is 30.6 Å². The van der Waals surface area contributed by atoms with E-state index in [1.165, 1.54) is 0 Å². The summed E-state index contributed by atoms with van der Waals surface area (Å²) in [5, 5.41) is 3.98. The molecule has 0 aliphatic carbocycles. The molecule has 1 aromatic heterocycles. The van der Waals surface area contributed by atoms with Gasteiger partial charge in [0.2, 0.25) is 5.91 Å². The fraction of sp³-hybridized carbons (Fsp3) is 0.375. The van der Waals surface area contributed by atoms with Crippen LogP contribution in [0.2, 0.25) is 10.0 Å². The first kappa shape index (κ1) is 16.8. The Labute approximate surface area is 140 Å². The van der Waals surface area contributed by atoms with Crippen LogP contribution in [-0.2, 0) is 18.3 Å². The Bertz CT molecular complexity index is 667. The van der Waals surface area contributed by atoms with E-state index in [-0.39, 0.29) is 24.3 Å². The van der Waals surface area contributed by atoms with Gasteiger partial charge >= 0.3 is 0 Å². The molecule has 0 saturated carbocycles. The standard InChI is InChI=1S/C16H19Cl2N3O/c1-10(2)15(16-19-6-7-21(16)3)20-14(22)9-11-4-5-12(17)13(18)8-11/h4-8,10,15H,9H2,1-3H3,(H,20,22)/t15-/m1/s1. The minimum Gasteiger partial charge on any atom is -0.346 e. The molecule has 0 spiro atoms. The lowest BCUT2D eigenvalue weighted by Crippen LogP contribution is -2.34. The largest absolute Gasteiger partial charge is 0.346 e. The Hall–Kier alpha value is -1.52. The van der Waals surface area contributed by atoms with Crippen LogP contribution < -0.4 is 5.32 Å². The first-order chi connectivity index (χ1) is 10.4. The SMILES string of the molecule is CC(C)[C@@H](NC(=O)Cc1ccc(Cl)c(Cl)c1)c1nccn1C. The average Bonchev–Trinajstić information content (AvgIpc) is 2.86. The molecule has 1 atom stereocenters. The Kier molecular flexibility index (Phi) is 5.48. The number of hydrogen-bond donors (Lipinski definition) is 1. The van der Waals surface area contributed by atoms with Crippen molar-refractivity contribution < 1.29 is 4.79 Å². The van der Waals surface area contributed by atoms with Gasteiger partial charge in [-0.3, -0.25) is 4.79 Å². The average molecular weight is 340 g/mol. The van der Waals surface area contributed by atoms with E-state index < -0.39 is 0 Å². The first-order valence-electron chi connectivity index (χ1n) is 7.09. The molecule has 1 heterocycles. The molecule has 1 amide bonds. The predicted molar refractivity (Wildman–Crippen MR) is 89.1 cm³/mol. The van der Waals surface area contributed by atoms with Crippen molar-refractivity contribution in [1.82, 2.24) is 14.9 Å². The Morgan fingerprint density at radius 1 is 1.32 bits per heavy atom. The highest BCUT2D eigenvalue weighted by Gasteiger charge is 2.22. The van der Waals surface area contributed by atoms with Crippen molar-refractivity contribution >= 4 is 29.1 Å². The third-order valence-electron chi connectivity index (χ3n) is 3.47. The van der Waals surface area contributed by atoms with Crippen LogP contribution >= 0.6 is 23.2 Å². The van der Waals surface area contributed by atoms with Crippen molar-refractivity contribution in [2.75, 3.05) is 0 Å². The summed E-state index contributed by atoms with van der Waals surface area (Å²) < 4.78 is 1.92. The molecule has 0 bridgehead atoms. The maximum absolute atomic E-state index is 12.3. The molecule has 0 saturated heterocycles. The number of benzene rings is 1. The zero-order valence-corrected chi connectivity index (χ0v) is 14.3. The van der Waals surface area contributed by atoms with Gasteiger partial charge in [0.25, 0.3) is 0 Å². The van der Waals surface area contributed by atoms with E-state index in [9.17, 15) is 4.79 Å². The van der Waals surface area contributed by atoms with Gasteiger partial charge in [0.15, 0.2) is 0 Å². The summed E-state index contributed by atoms with van der Waals surface area (Å²) in [7, 11) is 1.92. The number of imidazole rings is 1. The molecule has 2 rings (SSSR count). The zero-order valence-electron chi connectivity index (χ0n) is 12.8. The van der Waals surface area contributed by atoms with E-state index in [0.717, 1.165) is 11.4 Å². The first-order valence-corrected chi connectivity index (χ1v) is 7.84. The van der Waals surface area contributed by atoms with Gasteiger partial charge in [0.1, 0.15) is 5.82 Å². The summed E-state index contributed by atoms with van der Waals surface area (Å²) in [4.78, 5) is 16.6. The molecule has 0 aliphatic heterocycles. The Balaban J connectivity index is 2.09. The van der Waals surface area contributed by atoms with Gasteiger partial charge < -0.3 is 9.88 Å². The summed E-state index contributed by atoms with van der Waals surface area (Å²) in [5.74, 6) is 1.01. The number of halogens is 2. The fourth-order valence-electron chi connectivity index (χ4n) is 2.27. The number of nitrogens with zero attached hydrogens (tertiary/aromatic N) is 2. The third-order valence-corrected chi connectivity index (χ3v) is 4.21. The van der Waals surface area contributed by atoms with Crippen molar-refractivity contribution in [2.24, 2.45) is 13.0 Å². The molecule has 1 N–H and O–H groups in total. The summed E-state index contributed by atoms with van der Waals surface area (Å²) in [6, 6.07) is 5.09. The molecule has 1 aromatic carbocycles. The second-order valence-corrected chi connectivity index (χ2v) is 6.43. The minimum absolute atomic E-state index is 0.0694. The number of rotatable bonds is 5. The topological polar surface area (TPSA) is 46.9 Å². The minimum atomic E-state index is -0.129. The van der Waals surface area contributed by atoms with E-state index in [1.807, 2.05) is 17.8 Å². The summed E-state index contributed by atoms with van der Waals surface area (Å²) >= 11 is 11.9. The maximum Gasteiger partial charge on any atom is 0.225 e. The van der Waals surface area contributed by atoms with Crippen LogP contribution in [0.4, 0.5) is 0 Å². The predicted octanol–water partition coefficient (Wildman–Crippen LogP) is 3.78. The quantitative estimate of drug-likeness (QED) is 0.900. The number of nitrogens with one attached hydrogen (secondary N) is 1. The fourth-order valence-corrected chi connectivity index (χ4v) is 2.59. The van der Waals surface area contributed by atoms with Crippen LogP contribution in [0.1, 0.15) is 31.3 Å². The van der Waals surface area contributed by atoms with Gasteiger partial charge in [-0.15, -0.1) is 0 Å². The van der Waals surface area contributed by atoms with Crippen LogP contribution in [0.25, 0.3) is 0 Å². The molecular weight excluding hydrogens is 321 g/mol. The molecule has 2 aromatic rings. The molecule has 0 aliphatic rings. The lowest BCUT2D eigenvalue weighted by molar-refractivity contribution is -0.121. The molecule has 0 fully saturated rings. The number of aromatic nitrogens is 2. The molecule has 118 valence electrons. The van der Waals surface area contributed by atoms with Gasteiger partial charge in [0.05, 0.1) is 22.5 Å². The van der Waals surface area contributed by atoms with E-state index in [0.29, 0.717) is 10.0 Å². The van der Waals surface area contributed by atoms with Gasteiger partial charge in [-0.25, -0.2) is 4.98 Å². The normalized spacial score (nSPS) is 12.5. The number of amides is 1. The lowest BCUT2D eigenvalue weighted by atomic mass is 10.0. The van der Waals surface area contributed by atoms with E-state index in [1.54, 1.807) is 24.4 Å². The summed E-state index contributed by atoms with van der Waals surface area (Å²) in [6.07, 6.45) is 3.86. The van der Waals surface area contributed by atoms with E-state index in [2.05, 4.69) is 24.1 Å². The van der Waals surface area contributed by atoms with Crippen LogP contribution in [0.5, 0.6) is 0 Å².